The Balaban J connectivity index is 1.02. The van der Waals surface area contributed by atoms with E-state index < -0.39 is 0 Å². The number of amides is 2. The number of unbranched alkanes of at least 4 members (excludes halogenated alkanes) is 6. The number of hydrogen-bond acceptors (Lipinski definition) is 5. The Hall–Kier alpha value is -5.18. The van der Waals surface area contributed by atoms with Gasteiger partial charge in [-0.25, -0.2) is 0 Å². The summed E-state index contributed by atoms with van der Waals surface area (Å²) in [5.41, 5.74) is 12.0. The molecule has 8 heteroatoms. The third-order valence-corrected chi connectivity index (χ3v) is 15.1. The third-order valence-electron chi connectivity index (χ3n) is 12.9. The van der Waals surface area contributed by atoms with E-state index in [1.807, 2.05) is 36.9 Å². The van der Waals surface area contributed by atoms with Gasteiger partial charge in [-0.1, -0.05) is 135 Å². The highest BCUT2D eigenvalue weighted by Gasteiger charge is 2.28. The van der Waals surface area contributed by atoms with Gasteiger partial charge in [0.15, 0.2) is 6.54 Å². The molecule has 0 spiro atoms. The lowest BCUT2D eigenvalue weighted by Crippen LogP contribution is -2.35. The Kier molecular flexibility index (Phi) is 16.1. The number of nitrogens with zero attached hydrogens (tertiary/aromatic N) is 2. The zero-order chi connectivity index (χ0) is 44.1. The number of carbonyl (C=O) groups excluding carboxylic acids is 2. The van der Waals surface area contributed by atoms with Crippen LogP contribution in [0.4, 0.5) is 5.69 Å². The lowest BCUT2D eigenvalue weighted by molar-refractivity contribution is -0.669. The quantitative estimate of drug-likeness (QED) is 0.0604. The number of benzene rings is 4. The first-order valence-corrected chi connectivity index (χ1v) is 25.6. The topological polar surface area (TPSA) is 65.3 Å². The van der Waals surface area contributed by atoms with Crippen LogP contribution < -0.4 is 20.1 Å². The normalized spacial score (nSPS) is 17.0. The number of allylic oxidation sites excluding steroid dienone is 6. The number of nitrogens with one attached hydrogen (secondary N) is 2. The van der Waals surface area contributed by atoms with Crippen LogP contribution in [-0.4, -0.2) is 31.4 Å². The Morgan fingerprint density at radius 2 is 1.33 bits per heavy atom. The van der Waals surface area contributed by atoms with E-state index in [2.05, 4.69) is 141 Å². The van der Waals surface area contributed by atoms with Crippen LogP contribution in [0.25, 0.3) is 38.5 Å². The summed E-state index contributed by atoms with van der Waals surface area (Å²) >= 11 is 3.85. The molecule has 0 fully saturated rings. The zero-order valence-corrected chi connectivity index (χ0v) is 39.5. The van der Waals surface area contributed by atoms with Gasteiger partial charge in [-0.3, -0.25) is 9.59 Å². The fourth-order valence-corrected chi connectivity index (χ4v) is 11.7. The first kappa shape index (κ1) is 45.4. The number of aryl methyl sites for hydroxylation is 1. The molecule has 5 aromatic rings. The Morgan fingerprint density at radius 1 is 0.688 bits per heavy atom. The smallest absolute Gasteiger partial charge is 0.263 e. The maximum atomic E-state index is 11.7. The van der Waals surface area contributed by atoms with Crippen molar-refractivity contribution in [3.63, 3.8) is 0 Å². The lowest BCUT2D eigenvalue weighted by Gasteiger charge is -2.29. The number of thioether (sulfide) groups is 1. The Bertz CT molecular complexity index is 2520. The molecule has 0 radical (unpaired) electrons. The summed E-state index contributed by atoms with van der Waals surface area (Å²) in [6.07, 6.45) is 24.6. The minimum Gasteiger partial charge on any atom is -0.356 e. The summed E-state index contributed by atoms with van der Waals surface area (Å²) in [5.74, 6) is 0.897. The van der Waals surface area contributed by atoms with E-state index in [9.17, 15) is 9.59 Å². The fourth-order valence-electron chi connectivity index (χ4n) is 9.26. The summed E-state index contributed by atoms with van der Waals surface area (Å²) in [6.45, 7) is 7.34. The average Bonchev–Trinajstić information content (AvgIpc) is 3.86. The molecule has 1 aliphatic heterocycles. The minimum absolute atomic E-state index is 0.141. The number of aromatic nitrogens is 1. The van der Waals surface area contributed by atoms with Gasteiger partial charge in [0.05, 0.1) is 10.7 Å². The third kappa shape index (κ3) is 11.7. The molecule has 4 aromatic carbocycles. The predicted octanol–water partition coefficient (Wildman–Crippen LogP) is 13.6. The van der Waals surface area contributed by atoms with Crippen molar-refractivity contribution in [1.29, 1.82) is 0 Å². The molecule has 2 N–H and O–H groups in total. The van der Waals surface area contributed by atoms with Gasteiger partial charge in [-0.05, 0) is 127 Å². The molecule has 3 aliphatic rings. The number of thiazole rings is 1. The van der Waals surface area contributed by atoms with Gasteiger partial charge in [0.25, 0.3) is 5.01 Å². The molecule has 1 unspecified atom stereocenters. The molecule has 0 bridgehead atoms. The van der Waals surface area contributed by atoms with Crippen LogP contribution in [-0.2, 0) is 16.1 Å². The van der Waals surface area contributed by atoms with Crippen LogP contribution in [0.2, 0.25) is 0 Å². The SMILES string of the molecule is CCC(=O)NCCCCCCN1/C(=C/C2=CC3=C/C(=C/c4sc5cc(-c6ccccc6)ccc5[n+]4CCCCCCNC(=O)CC)CCC3CC2)Sc2cc(-c3ccccc3)ccc21. The molecule has 8 rings (SSSR count). The maximum Gasteiger partial charge on any atom is 0.263 e. The van der Waals surface area contributed by atoms with E-state index in [1.54, 1.807) is 0 Å². The van der Waals surface area contributed by atoms with Gasteiger partial charge in [-0.2, -0.15) is 4.57 Å². The predicted molar refractivity (Wildman–Crippen MR) is 270 cm³/mol. The first-order chi connectivity index (χ1) is 31.4. The fraction of sp³-hybridized carbons (Fsp3) is 0.375. The second-order valence-electron chi connectivity index (χ2n) is 17.5. The van der Waals surface area contributed by atoms with Crippen LogP contribution in [0, 0.1) is 5.92 Å². The van der Waals surface area contributed by atoms with Gasteiger partial charge in [0.2, 0.25) is 17.3 Å². The van der Waals surface area contributed by atoms with Crippen LogP contribution in [0.15, 0.2) is 142 Å². The molecule has 0 saturated carbocycles. The second-order valence-corrected chi connectivity index (χ2v) is 19.6. The van der Waals surface area contributed by atoms with Crippen LogP contribution in [0.3, 0.4) is 0 Å². The van der Waals surface area contributed by atoms with Gasteiger partial charge in [0, 0.05) is 55.9 Å². The van der Waals surface area contributed by atoms with Crippen molar-refractivity contribution in [1.82, 2.24) is 10.6 Å². The van der Waals surface area contributed by atoms with Crippen molar-refractivity contribution in [3.05, 3.63) is 142 Å². The number of anilines is 1. The van der Waals surface area contributed by atoms with E-state index >= 15 is 0 Å². The van der Waals surface area contributed by atoms with Gasteiger partial charge in [0.1, 0.15) is 4.70 Å². The summed E-state index contributed by atoms with van der Waals surface area (Å²) < 4.78 is 3.90. The molecular formula is C56H65N4O2S2+. The minimum atomic E-state index is 0.141. The molecule has 1 atom stereocenters. The molecule has 2 amide bonds. The summed E-state index contributed by atoms with van der Waals surface area (Å²) in [7, 11) is 0. The van der Waals surface area contributed by atoms with E-state index in [1.165, 1.54) is 82.7 Å². The van der Waals surface area contributed by atoms with Gasteiger partial charge >= 0.3 is 0 Å². The molecule has 0 saturated heterocycles. The average molecular weight is 890 g/mol. The lowest BCUT2D eigenvalue weighted by atomic mass is 9.77. The highest BCUT2D eigenvalue weighted by atomic mass is 32.2. The molecule has 332 valence electrons. The van der Waals surface area contributed by atoms with Crippen molar-refractivity contribution in [2.24, 2.45) is 5.92 Å². The molecular weight excluding hydrogens is 825 g/mol. The van der Waals surface area contributed by atoms with Gasteiger partial charge in [-0.15, -0.1) is 0 Å². The molecule has 6 nitrogen and oxygen atoms in total. The number of hydrogen-bond donors (Lipinski definition) is 2. The number of rotatable bonds is 20. The van der Waals surface area contributed by atoms with Crippen LogP contribution >= 0.6 is 23.1 Å². The first-order valence-electron chi connectivity index (χ1n) is 24.0. The highest BCUT2D eigenvalue weighted by Crippen LogP contribution is 2.49. The zero-order valence-electron chi connectivity index (χ0n) is 37.9. The largest absolute Gasteiger partial charge is 0.356 e. The monoisotopic (exact) mass is 889 g/mol. The number of carbonyl (C=O) groups is 2. The van der Waals surface area contributed by atoms with Crippen molar-refractivity contribution >= 4 is 56.9 Å². The van der Waals surface area contributed by atoms with Crippen LogP contribution in [0.1, 0.15) is 109 Å². The molecule has 64 heavy (non-hydrogen) atoms. The molecule has 2 aliphatic carbocycles. The van der Waals surface area contributed by atoms with Crippen molar-refractivity contribution in [3.8, 4) is 22.3 Å². The van der Waals surface area contributed by atoms with E-state index in [-0.39, 0.29) is 11.8 Å². The van der Waals surface area contributed by atoms with Gasteiger partial charge < -0.3 is 15.5 Å². The summed E-state index contributed by atoms with van der Waals surface area (Å²) in [5, 5.41) is 8.73. The highest BCUT2D eigenvalue weighted by molar-refractivity contribution is 8.03. The van der Waals surface area contributed by atoms with Crippen molar-refractivity contribution in [2.45, 2.75) is 115 Å². The molecule has 1 aromatic heterocycles. The Morgan fingerprint density at radius 3 is 2.03 bits per heavy atom. The van der Waals surface area contributed by atoms with E-state index in [0.29, 0.717) is 18.8 Å². The second kappa shape index (κ2) is 22.6. The summed E-state index contributed by atoms with van der Waals surface area (Å²) in [6, 6.07) is 35.4. The standard InChI is InChI=1S/C56H64N4O2S2/c1-3-53(61)57-31-15-5-7-17-33-59-49-29-27-46(43-19-11-9-12-20-43)39-51(49)63-55(59)37-41-23-25-45-26-24-42(36-48(45)35-41)38-56-60(34-18-8-6-16-32-58-54(62)4-2)50-30-28-47(40-52(50)64-56)44-21-13-10-14-22-44/h9-14,19-22,27-30,35-40,45H,3-8,15-18,23-26,31-34H2,1-2H3,(H-,57,58,61,62)/p+1. The van der Waals surface area contributed by atoms with E-state index in [4.69, 9.17) is 0 Å². The van der Waals surface area contributed by atoms with Crippen molar-refractivity contribution < 1.29 is 14.2 Å². The van der Waals surface area contributed by atoms with Crippen LogP contribution in [0.5, 0.6) is 0 Å². The number of fused-ring (bicyclic) bond motifs is 3. The van der Waals surface area contributed by atoms with E-state index in [0.717, 1.165) is 90.4 Å². The Labute approximate surface area is 389 Å². The molecule has 2 heterocycles. The summed E-state index contributed by atoms with van der Waals surface area (Å²) in [4.78, 5) is 27.3. The maximum absolute atomic E-state index is 11.7. The van der Waals surface area contributed by atoms with Crippen molar-refractivity contribution in [2.75, 3.05) is 24.5 Å².